The zero-order chi connectivity index (χ0) is 13.1. The summed E-state index contributed by atoms with van der Waals surface area (Å²) in [5.74, 6) is 1.09. The van der Waals surface area contributed by atoms with Crippen molar-refractivity contribution in [1.29, 1.82) is 0 Å². The van der Waals surface area contributed by atoms with Gasteiger partial charge in [0.2, 0.25) is 0 Å². The van der Waals surface area contributed by atoms with Crippen LogP contribution in [0.4, 0.5) is 5.82 Å². The van der Waals surface area contributed by atoms with Crippen molar-refractivity contribution in [3.8, 4) is 0 Å². The molecule has 0 spiro atoms. The van der Waals surface area contributed by atoms with Gasteiger partial charge >= 0.3 is 0 Å². The zero-order valence-electron chi connectivity index (χ0n) is 11.3. The number of fused-ring (bicyclic) bond motifs is 1. The van der Waals surface area contributed by atoms with Crippen molar-refractivity contribution in [2.24, 2.45) is 0 Å². The minimum Gasteiger partial charge on any atom is -0.378 e. The average molecular weight is 260 g/mol. The average Bonchev–Trinajstić information content (AvgIpc) is 2.85. The number of nitrogens with zero attached hydrogens (tertiary/aromatic N) is 3. The van der Waals surface area contributed by atoms with E-state index in [0.29, 0.717) is 0 Å². The van der Waals surface area contributed by atoms with Gasteiger partial charge in [0.05, 0.1) is 18.9 Å². The van der Waals surface area contributed by atoms with Crippen molar-refractivity contribution in [3.63, 3.8) is 0 Å². The van der Waals surface area contributed by atoms with Gasteiger partial charge in [-0.25, -0.2) is 4.98 Å². The zero-order valence-corrected chi connectivity index (χ0v) is 11.3. The summed E-state index contributed by atoms with van der Waals surface area (Å²) < 4.78 is 7.60. The highest BCUT2D eigenvalue weighted by atomic mass is 16.5. The summed E-state index contributed by atoms with van der Waals surface area (Å²) in [6, 6.07) is 6.13. The van der Waals surface area contributed by atoms with Gasteiger partial charge in [-0.1, -0.05) is 13.0 Å². The Bertz CT molecular complexity index is 545. The highest BCUT2D eigenvalue weighted by Gasteiger charge is 2.19. The number of morpholine rings is 1. The molecule has 0 aromatic carbocycles. The Morgan fingerprint density at radius 3 is 2.95 bits per heavy atom. The molecule has 102 valence electrons. The number of nitrogens with one attached hydrogen (secondary N) is 1. The molecule has 1 aliphatic rings. The lowest BCUT2D eigenvalue weighted by Crippen LogP contribution is -2.37. The van der Waals surface area contributed by atoms with Crippen LogP contribution < -0.4 is 10.2 Å². The first-order valence-electron chi connectivity index (χ1n) is 6.89. The second kappa shape index (κ2) is 5.59. The van der Waals surface area contributed by atoms with Gasteiger partial charge in [-0.05, 0) is 18.7 Å². The molecule has 2 aromatic rings. The Labute approximate surface area is 113 Å². The van der Waals surface area contributed by atoms with E-state index in [2.05, 4.69) is 33.8 Å². The number of pyridine rings is 1. The van der Waals surface area contributed by atoms with Crippen LogP contribution in [0.5, 0.6) is 0 Å². The summed E-state index contributed by atoms with van der Waals surface area (Å²) >= 11 is 0. The van der Waals surface area contributed by atoms with Gasteiger partial charge in [0.25, 0.3) is 0 Å². The molecule has 1 fully saturated rings. The lowest BCUT2D eigenvalue weighted by atomic mass is 10.3. The molecule has 0 amide bonds. The monoisotopic (exact) mass is 260 g/mol. The molecule has 0 saturated carbocycles. The number of anilines is 1. The Kier molecular flexibility index (Phi) is 3.66. The third-order valence-corrected chi connectivity index (χ3v) is 3.46. The molecule has 2 aromatic heterocycles. The van der Waals surface area contributed by atoms with Gasteiger partial charge < -0.3 is 19.4 Å². The molecule has 0 bridgehead atoms. The summed E-state index contributed by atoms with van der Waals surface area (Å²) in [6.45, 7) is 7.34. The van der Waals surface area contributed by atoms with Crippen molar-refractivity contribution >= 4 is 11.5 Å². The fourth-order valence-corrected chi connectivity index (χ4v) is 2.47. The molecule has 19 heavy (non-hydrogen) atoms. The first-order chi connectivity index (χ1) is 9.40. The molecule has 0 unspecified atom stereocenters. The summed E-state index contributed by atoms with van der Waals surface area (Å²) in [5, 5.41) is 3.40. The van der Waals surface area contributed by atoms with Gasteiger partial charge in [0, 0.05) is 25.8 Å². The third kappa shape index (κ3) is 2.43. The van der Waals surface area contributed by atoms with E-state index in [0.717, 1.165) is 50.9 Å². The maximum absolute atomic E-state index is 5.42. The van der Waals surface area contributed by atoms with Crippen LogP contribution in [-0.4, -0.2) is 42.2 Å². The number of hydrogen-bond donors (Lipinski definition) is 1. The Balaban J connectivity index is 2.00. The highest BCUT2D eigenvalue weighted by molar-refractivity contribution is 5.56. The second-order valence-corrected chi connectivity index (χ2v) is 4.69. The van der Waals surface area contributed by atoms with E-state index in [4.69, 9.17) is 9.72 Å². The predicted molar refractivity (Wildman–Crippen MR) is 75.6 cm³/mol. The van der Waals surface area contributed by atoms with Gasteiger partial charge in [-0.15, -0.1) is 0 Å². The molecular formula is C14H20N4O. The van der Waals surface area contributed by atoms with Crippen LogP contribution in [0.3, 0.4) is 0 Å². The fraction of sp³-hybridized carbons (Fsp3) is 0.500. The van der Waals surface area contributed by atoms with Crippen LogP contribution in [0, 0.1) is 0 Å². The predicted octanol–water partition coefficient (Wildman–Crippen LogP) is 1.28. The topological polar surface area (TPSA) is 41.8 Å². The standard InChI is InChI=1S/C14H20N4O/c1-2-15-11-12-14(17-7-9-19-10-8-17)16-13-5-3-4-6-18(12)13/h3-6,15H,2,7-11H2,1H3. The van der Waals surface area contributed by atoms with E-state index in [9.17, 15) is 0 Å². The molecule has 5 heteroatoms. The first kappa shape index (κ1) is 12.4. The van der Waals surface area contributed by atoms with Crippen LogP contribution >= 0.6 is 0 Å². The van der Waals surface area contributed by atoms with Crippen LogP contribution in [0.2, 0.25) is 0 Å². The van der Waals surface area contributed by atoms with E-state index in [1.165, 1.54) is 5.69 Å². The van der Waals surface area contributed by atoms with Gasteiger partial charge in [-0.3, -0.25) is 0 Å². The van der Waals surface area contributed by atoms with Crippen molar-refractivity contribution < 1.29 is 4.74 Å². The number of rotatable bonds is 4. The van der Waals surface area contributed by atoms with Crippen molar-refractivity contribution in [1.82, 2.24) is 14.7 Å². The van der Waals surface area contributed by atoms with Crippen molar-refractivity contribution in [2.75, 3.05) is 37.7 Å². The largest absolute Gasteiger partial charge is 0.378 e. The number of imidazole rings is 1. The molecule has 0 aliphatic carbocycles. The molecule has 1 N–H and O–H groups in total. The Morgan fingerprint density at radius 2 is 2.16 bits per heavy atom. The lowest BCUT2D eigenvalue weighted by Gasteiger charge is -2.27. The molecule has 3 rings (SSSR count). The molecule has 1 aliphatic heterocycles. The number of hydrogen-bond acceptors (Lipinski definition) is 4. The number of aromatic nitrogens is 2. The summed E-state index contributed by atoms with van der Waals surface area (Å²) in [6.07, 6.45) is 2.08. The maximum Gasteiger partial charge on any atom is 0.152 e. The SMILES string of the molecule is CCNCc1c(N2CCOCC2)nc2ccccn12. The second-order valence-electron chi connectivity index (χ2n) is 4.69. The normalized spacial score (nSPS) is 16.2. The van der Waals surface area contributed by atoms with Gasteiger partial charge in [-0.2, -0.15) is 0 Å². The minimum atomic E-state index is 0.786. The Hall–Kier alpha value is -1.59. The van der Waals surface area contributed by atoms with Gasteiger partial charge in [0.15, 0.2) is 5.82 Å². The summed E-state index contributed by atoms with van der Waals surface area (Å²) in [7, 11) is 0. The van der Waals surface area contributed by atoms with E-state index in [1.54, 1.807) is 0 Å². The maximum atomic E-state index is 5.42. The van der Waals surface area contributed by atoms with E-state index < -0.39 is 0 Å². The third-order valence-electron chi connectivity index (χ3n) is 3.46. The van der Waals surface area contributed by atoms with Crippen molar-refractivity contribution in [2.45, 2.75) is 13.5 Å². The summed E-state index contributed by atoms with van der Waals surface area (Å²) in [4.78, 5) is 7.11. The number of ether oxygens (including phenoxy) is 1. The van der Waals surface area contributed by atoms with Gasteiger partial charge in [0.1, 0.15) is 5.65 Å². The van der Waals surface area contributed by atoms with E-state index in [1.807, 2.05) is 12.1 Å². The van der Waals surface area contributed by atoms with Crippen LogP contribution in [-0.2, 0) is 11.3 Å². The Morgan fingerprint density at radius 1 is 1.32 bits per heavy atom. The highest BCUT2D eigenvalue weighted by Crippen LogP contribution is 2.22. The van der Waals surface area contributed by atoms with Crippen LogP contribution in [0.1, 0.15) is 12.6 Å². The summed E-state index contributed by atoms with van der Waals surface area (Å²) in [5.41, 5.74) is 2.25. The molecule has 1 saturated heterocycles. The molecule has 3 heterocycles. The lowest BCUT2D eigenvalue weighted by molar-refractivity contribution is 0.122. The smallest absolute Gasteiger partial charge is 0.152 e. The molecule has 0 radical (unpaired) electrons. The van der Waals surface area contributed by atoms with E-state index >= 15 is 0 Å². The molecule has 0 atom stereocenters. The quantitative estimate of drug-likeness (QED) is 0.899. The van der Waals surface area contributed by atoms with Crippen LogP contribution in [0.15, 0.2) is 24.4 Å². The van der Waals surface area contributed by atoms with E-state index in [-0.39, 0.29) is 0 Å². The molecule has 5 nitrogen and oxygen atoms in total. The fourth-order valence-electron chi connectivity index (χ4n) is 2.47. The minimum absolute atomic E-state index is 0.786. The molecular weight excluding hydrogens is 240 g/mol. The first-order valence-corrected chi connectivity index (χ1v) is 6.89. The van der Waals surface area contributed by atoms with Crippen LogP contribution in [0.25, 0.3) is 5.65 Å². The van der Waals surface area contributed by atoms with Crippen molar-refractivity contribution in [3.05, 3.63) is 30.1 Å².